The molecule has 0 radical (unpaired) electrons. The van der Waals surface area contributed by atoms with Crippen molar-refractivity contribution in [1.82, 2.24) is 0 Å². The highest BCUT2D eigenvalue weighted by atomic mass is 35.5. The molecular weight excluding hydrogens is 437 g/mol. The molecule has 3 rings (SSSR count). The summed E-state index contributed by atoms with van der Waals surface area (Å²) in [5, 5.41) is 3.31. The van der Waals surface area contributed by atoms with E-state index in [0.717, 1.165) is 5.56 Å². The van der Waals surface area contributed by atoms with Gasteiger partial charge < -0.3 is 10.1 Å². The molecular formula is C24H19Cl2NO4. The number of nitrogens with one attached hydrogen (secondary N) is 1. The zero-order valence-corrected chi connectivity index (χ0v) is 18.3. The third-order valence-corrected chi connectivity index (χ3v) is 4.92. The fourth-order valence-electron chi connectivity index (χ4n) is 2.87. The Morgan fingerprint density at radius 3 is 2.06 bits per heavy atom. The predicted molar refractivity (Wildman–Crippen MR) is 121 cm³/mol. The molecule has 0 bridgehead atoms. The maximum atomic E-state index is 12.9. The van der Waals surface area contributed by atoms with Gasteiger partial charge in [-0.2, -0.15) is 0 Å². The number of ketones is 1. The van der Waals surface area contributed by atoms with E-state index in [-0.39, 0.29) is 16.9 Å². The number of aryl methyl sites for hydroxylation is 1. The maximum absolute atomic E-state index is 12.9. The second-order valence-electron chi connectivity index (χ2n) is 6.94. The largest absolute Gasteiger partial charge is 0.449 e. The fourth-order valence-corrected chi connectivity index (χ4v) is 3.39. The summed E-state index contributed by atoms with van der Waals surface area (Å²) in [6.45, 7) is 3.35. The topological polar surface area (TPSA) is 72.5 Å². The Morgan fingerprint density at radius 2 is 1.45 bits per heavy atom. The first-order chi connectivity index (χ1) is 14.7. The minimum Gasteiger partial charge on any atom is -0.449 e. The van der Waals surface area contributed by atoms with Gasteiger partial charge in [-0.3, -0.25) is 9.59 Å². The quantitative estimate of drug-likeness (QED) is 0.381. The molecule has 3 aromatic carbocycles. The lowest BCUT2D eigenvalue weighted by atomic mass is 9.98. The van der Waals surface area contributed by atoms with Crippen molar-refractivity contribution in [3.05, 3.63) is 99.0 Å². The summed E-state index contributed by atoms with van der Waals surface area (Å²) in [7, 11) is 0. The van der Waals surface area contributed by atoms with Crippen LogP contribution in [-0.4, -0.2) is 23.8 Å². The average molecular weight is 456 g/mol. The molecule has 0 saturated carbocycles. The maximum Gasteiger partial charge on any atom is 0.339 e. The lowest BCUT2D eigenvalue weighted by molar-refractivity contribution is -0.123. The van der Waals surface area contributed by atoms with Crippen molar-refractivity contribution in [2.24, 2.45) is 0 Å². The van der Waals surface area contributed by atoms with Crippen molar-refractivity contribution in [3.8, 4) is 0 Å². The summed E-state index contributed by atoms with van der Waals surface area (Å²) in [6.07, 6.45) is -1.12. The Bertz CT molecular complexity index is 1120. The van der Waals surface area contributed by atoms with Crippen molar-refractivity contribution in [1.29, 1.82) is 0 Å². The van der Waals surface area contributed by atoms with E-state index >= 15 is 0 Å². The fraction of sp³-hybridized carbons (Fsp3) is 0.125. The van der Waals surface area contributed by atoms with E-state index in [1.165, 1.54) is 31.2 Å². The van der Waals surface area contributed by atoms with Gasteiger partial charge in [-0.25, -0.2) is 4.79 Å². The Morgan fingerprint density at radius 1 is 0.871 bits per heavy atom. The highest BCUT2D eigenvalue weighted by molar-refractivity contribution is 6.35. The van der Waals surface area contributed by atoms with E-state index in [9.17, 15) is 14.4 Å². The second kappa shape index (κ2) is 9.77. The van der Waals surface area contributed by atoms with Gasteiger partial charge in [-0.1, -0.05) is 71.2 Å². The van der Waals surface area contributed by atoms with Crippen LogP contribution in [-0.2, 0) is 9.53 Å². The number of ether oxygens (including phenoxy) is 1. The van der Waals surface area contributed by atoms with Gasteiger partial charge in [-0.05, 0) is 38.1 Å². The average Bonchev–Trinajstić information content (AvgIpc) is 2.73. The SMILES string of the molecule is Cc1ccc(C(=O)c2ccccc2C(=O)O[C@@H](C)C(=O)Nc2cc(Cl)cc(Cl)c2)cc1. The number of carbonyl (C=O) groups excluding carboxylic acids is 3. The van der Waals surface area contributed by atoms with Crippen molar-refractivity contribution < 1.29 is 19.1 Å². The van der Waals surface area contributed by atoms with Crippen LogP contribution in [0.15, 0.2) is 66.7 Å². The minimum atomic E-state index is -1.12. The van der Waals surface area contributed by atoms with Crippen LogP contribution in [0.2, 0.25) is 10.0 Å². The van der Waals surface area contributed by atoms with Crippen LogP contribution in [0.5, 0.6) is 0 Å². The summed E-state index contributed by atoms with van der Waals surface area (Å²) in [6, 6.07) is 18.0. The molecule has 0 aliphatic heterocycles. The number of carbonyl (C=O) groups is 3. The van der Waals surface area contributed by atoms with Gasteiger partial charge in [-0.15, -0.1) is 0 Å². The van der Waals surface area contributed by atoms with E-state index in [1.807, 2.05) is 19.1 Å². The van der Waals surface area contributed by atoms with E-state index in [1.54, 1.807) is 30.3 Å². The number of benzene rings is 3. The van der Waals surface area contributed by atoms with Crippen LogP contribution in [0.1, 0.15) is 38.8 Å². The number of amides is 1. The number of rotatable bonds is 6. The van der Waals surface area contributed by atoms with Crippen LogP contribution in [0, 0.1) is 6.92 Å². The Kier molecular flexibility index (Phi) is 7.10. The van der Waals surface area contributed by atoms with Crippen molar-refractivity contribution in [2.45, 2.75) is 20.0 Å². The van der Waals surface area contributed by atoms with Crippen molar-refractivity contribution in [2.75, 3.05) is 5.32 Å². The molecule has 0 spiro atoms. The van der Waals surface area contributed by atoms with E-state index < -0.39 is 18.0 Å². The summed E-state index contributed by atoms with van der Waals surface area (Å²) < 4.78 is 5.31. The molecule has 1 atom stereocenters. The van der Waals surface area contributed by atoms with Gasteiger partial charge in [0.2, 0.25) is 0 Å². The minimum absolute atomic E-state index is 0.0820. The molecule has 7 heteroatoms. The second-order valence-corrected chi connectivity index (χ2v) is 7.81. The zero-order chi connectivity index (χ0) is 22.5. The van der Waals surface area contributed by atoms with E-state index in [4.69, 9.17) is 27.9 Å². The van der Waals surface area contributed by atoms with Gasteiger partial charge in [0.25, 0.3) is 5.91 Å². The third kappa shape index (κ3) is 5.72. The highest BCUT2D eigenvalue weighted by Gasteiger charge is 2.23. The first kappa shape index (κ1) is 22.5. The molecule has 0 aromatic heterocycles. The van der Waals surface area contributed by atoms with Gasteiger partial charge in [0, 0.05) is 26.9 Å². The number of hydrogen-bond donors (Lipinski definition) is 1. The smallest absolute Gasteiger partial charge is 0.339 e. The van der Waals surface area contributed by atoms with Crippen LogP contribution < -0.4 is 5.32 Å². The molecule has 0 saturated heterocycles. The lowest BCUT2D eigenvalue weighted by Crippen LogP contribution is -2.30. The third-order valence-electron chi connectivity index (χ3n) is 4.49. The summed E-state index contributed by atoms with van der Waals surface area (Å²) in [5.41, 5.74) is 2.13. The molecule has 5 nitrogen and oxygen atoms in total. The first-order valence-electron chi connectivity index (χ1n) is 9.43. The molecule has 31 heavy (non-hydrogen) atoms. The van der Waals surface area contributed by atoms with Gasteiger partial charge in [0.15, 0.2) is 11.9 Å². The molecule has 0 aliphatic rings. The van der Waals surface area contributed by atoms with E-state index in [0.29, 0.717) is 21.3 Å². The van der Waals surface area contributed by atoms with Gasteiger partial charge in [0.1, 0.15) is 0 Å². The van der Waals surface area contributed by atoms with Crippen LogP contribution >= 0.6 is 23.2 Å². The highest BCUT2D eigenvalue weighted by Crippen LogP contribution is 2.23. The Labute approximate surface area is 189 Å². The molecule has 0 heterocycles. The molecule has 0 unspecified atom stereocenters. The molecule has 1 N–H and O–H groups in total. The predicted octanol–water partition coefficient (Wildman–Crippen LogP) is 5.72. The molecule has 0 aliphatic carbocycles. The Hall–Kier alpha value is -3.15. The van der Waals surface area contributed by atoms with Crippen LogP contribution in [0.25, 0.3) is 0 Å². The summed E-state index contributed by atoms with van der Waals surface area (Å²) in [5.74, 6) is -1.64. The van der Waals surface area contributed by atoms with E-state index in [2.05, 4.69) is 5.32 Å². The van der Waals surface area contributed by atoms with Crippen LogP contribution in [0.3, 0.4) is 0 Å². The lowest BCUT2D eigenvalue weighted by Gasteiger charge is -2.15. The first-order valence-corrected chi connectivity index (χ1v) is 10.2. The molecule has 1 amide bonds. The zero-order valence-electron chi connectivity index (χ0n) is 16.8. The summed E-state index contributed by atoms with van der Waals surface area (Å²) in [4.78, 5) is 38.1. The number of hydrogen-bond acceptors (Lipinski definition) is 4. The number of esters is 1. The van der Waals surface area contributed by atoms with Crippen LogP contribution in [0.4, 0.5) is 5.69 Å². The van der Waals surface area contributed by atoms with Gasteiger partial charge >= 0.3 is 5.97 Å². The van der Waals surface area contributed by atoms with Crippen molar-refractivity contribution >= 4 is 46.5 Å². The van der Waals surface area contributed by atoms with Crippen molar-refractivity contribution in [3.63, 3.8) is 0 Å². The normalized spacial score (nSPS) is 11.5. The molecule has 158 valence electrons. The standard InChI is InChI=1S/C24H19Cl2NO4/c1-14-7-9-16(10-8-14)22(28)20-5-3-4-6-21(20)24(30)31-15(2)23(29)27-19-12-17(25)11-18(26)13-19/h3-13,15H,1-2H3,(H,27,29)/t15-/m0/s1. The molecule has 0 fully saturated rings. The summed E-state index contributed by atoms with van der Waals surface area (Å²) >= 11 is 11.9. The number of anilines is 1. The number of halogens is 2. The molecule has 3 aromatic rings. The monoisotopic (exact) mass is 455 g/mol. The Balaban J connectivity index is 1.75. The van der Waals surface area contributed by atoms with Gasteiger partial charge in [0.05, 0.1) is 5.56 Å².